The van der Waals surface area contributed by atoms with Crippen molar-refractivity contribution in [3.63, 3.8) is 0 Å². The first-order chi connectivity index (χ1) is 9.95. The molecule has 0 atom stereocenters. The molecule has 1 aromatic heterocycles. The SMILES string of the molecule is CN(Cc1ccc(OC(F)F)cc1)C(=O)c1ccc(Cl)s1. The van der Waals surface area contributed by atoms with Crippen molar-refractivity contribution in [3.05, 3.63) is 51.2 Å². The molecule has 0 N–H and O–H groups in total. The lowest BCUT2D eigenvalue weighted by molar-refractivity contribution is -0.0498. The molecular weight excluding hydrogens is 320 g/mol. The van der Waals surface area contributed by atoms with Crippen molar-refractivity contribution >= 4 is 28.8 Å². The Morgan fingerprint density at radius 1 is 1.29 bits per heavy atom. The second-order valence-corrected chi connectivity index (χ2v) is 6.00. The topological polar surface area (TPSA) is 29.5 Å². The number of benzene rings is 1. The number of carbonyl (C=O) groups is 1. The third-order valence-corrected chi connectivity index (χ3v) is 3.92. The van der Waals surface area contributed by atoms with E-state index >= 15 is 0 Å². The molecule has 0 saturated heterocycles. The van der Waals surface area contributed by atoms with Crippen LogP contribution in [0.1, 0.15) is 15.2 Å². The molecule has 0 radical (unpaired) electrons. The number of halogens is 3. The monoisotopic (exact) mass is 331 g/mol. The van der Waals surface area contributed by atoms with Gasteiger partial charge >= 0.3 is 6.61 Å². The minimum absolute atomic E-state index is 0.0905. The molecule has 1 aromatic carbocycles. The number of carbonyl (C=O) groups excluding carboxylic acids is 1. The van der Waals surface area contributed by atoms with E-state index in [1.807, 2.05) is 0 Å². The van der Waals surface area contributed by atoms with E-state index < -0.39 is 6.61 Å². The van der Waals surface area contributed by atoms with E-state index in [-0.39, 0.29) is 11.7 Å². The lowest BCUT2D eigenvalue weighted by atomic mass is 10.2. The van der Waals surface area contributed by atoms with E-state index in [0.29, 0.717) is 15.8 Å². The van der Waals surface area contributed by atoms with Crippen molar-refractivity contribution in [1.82, 2.24) is 4.90 Å². The molecule has 0 fully saturated rings. The Bertz CT molecular complexity index is 616. The van der Waals surface area contributed by atoms with Crippen LogP contribution in [-0.2, 0) is 6.54 Å². The molecule has 112 valence electrons. The molecule has 1 amide bonds. The van der Waals surface area contributed by atoms with Crippen molar-refractivity contribution in [3.8, 4) is 5.75 Å². The second kappa shape index (κ2) is 6.87. The molecule has 0 aliphatic rings. The maximum atomic E-state index is 12.1. The van der Waals surface area contributed by atoms with Gasteiger partial charge in [-0.2, -0.15) is 8.78 Å². The molecule has 0 aliphatic heterocycles. The van der Waals surface area contributed by atoms with E-state index in [4.69, 9.17) is 11.6 Å². The fourth-order valence-corrected chi connectivity index (χ4v) is 2.78. The first kappa shape index (κ1) is 15.7. The van der Waals surface area contributed by atoms with Crippen molar-refractivity contribution in [2.75, 3.05) is 7.05 Å². The summed E-state index contributed by atoms with van der Waals surface area (Å²) < 4.78 is 28.9. The Labute approximate surface area is 129 Å². The number of rotatable bonds is 5. The molecule has 0 bridgehead atoms. The summed E-state index contributed by atoms with van der Waals surface area (Å²) in [6, 6.07) is 9.52. The third kappa shape index (κ3) is 4.41. The molecule has 0 aliphatic carbocycles. The number of hydrogen-bond donors (Lipinski definition) is 0. The van der Waals surface area contributed by atoms with Crippen molar-refractivity contribution in [2.24, 2.45) is 0 Å². The Morgan fingerprint density at radius 2 is 1.95 bits per heavy atom. The molecule has 2 aromatic rings. The van der Waals surface area contributed by atoms with Gasteiger partial charge in [0.2, 0.25) is 0 Å². The zero-order valence-corrected chi connectivity index (χ0v) is 12.6. The Morgan fingerprint density at radius 3 is 2.48 bits per heavy atom. The van der Waals surface area contributed by atoms with Crippen LogP contribution in [0.25, 0.3) is 0 Å². The van der Waals surface area contributed by atoms with Crippen molar-refractivity contribution in [2.45, 2.75) is 13.2 Å². The maximum absolute atomic E-state index is 12.1. The normalized spacial score (nSPS) is 10.7. The zero-order valence-electron chi connectivity index (χ0n) is 11.1. The summed E-state index contributed by atoms with van der Waals surface area (Å²) in [5.74, 6) is -0.0485. The molecule has 2 rings (SSSR count). The average Bonchev–Trinajstić information content (AvgIpc) is 2.86. The van der Waals surface area contributed by atoms with Crippen molar-refractivity contribution < 1.29 is 18.3 Å². The molecule has 3 nitrogen and oxygen atoms in total. The van der Waals surface area contributed by atoms with Gasteiger partial charge in [-0.1, -0.05) is 23.7 Å². The highest BCUT2D eigenvalue weighted by molar-refractivity contribution is 7.17. The van der Waals surface area contributed by atoms with E-state index in [2.05, 4.69) is 4.74 Å². The molecule has 7 heteroatoms. The predicted molar refractivity (Wildman–Crippen MR) is 78.2 cm³/mol. The Hall–Kier alpha value is -1.66. The van der Waals surface area contributed by atoms with Gasteiger partial charge < -0.3 is 9.64 Å². The molecular formula is C14H12ClF2NO2S. The number of alkyl halides is 2. The number of hydrogen-bond acceptors (Lipinski definition) is 3. The minimum atomic E-state index is -2.84. The highest BCUT2D eigenvalue weighted by Crippen LogP contribution is 2.23. The van der Waals surface area contributed by atoms with E-state index in [1.54, 1.807) is 31.3 Å². The van der Waals surface area contributed by atoms with Crippen molar-refractivity contribution in [1.29, 1.82) is 0 Å². The number of nitrogens with zero attached hydrogens (tertiary/aromatic N) is 1. The minimum Gasteiger partial charge on any atom is -0.435 e. The zero-order chi connectivity index (χ0) is 15.4. The molecule has 21 heavy (non-hydrogen) atoms. The molecule has 0 saturated carbocycles. The van der Waals surface area contributed by atoms with Gasteiger partial charge in [0.15, 0.2) is 0 Å². The van der Waals surface area contributed by atoms with Gasteiger partial charge in [0.1, 0.15) is 5.75 Å². The van der Waals surface area contributed by atoms with Gasteiger partial charge in [-0.15, -0.1) is 11.3 Å². The van der Waals surface area contributed by atoms with Gasteiger partial charge in [0.25, 0.3) is 5.91 Å². The maximum Gasteiger partial charge on any atom is 0.387 e. The number of ether oxygens (including phenoxy) is 1. The summed E-state index contributed by atoms with van der Waals surface area (Å²) >= 11 is 7.02. The summed E-state index contributed by atoms with van der Waals surface area (Å²) in [5, 5.41) is 0. The summed E-state index contributed by atoms with van der Waals surface area (Å²) in [5.41, 5.74) is 0.815. The third-order valence-electron chi connectivity index (χ3n) is 2.70. The summed E-state index contributed by atoms with van der Waals surface area (Å²) in [6.45, 7) is -2.48. The molecule has 0 unspecified atom stereocenters. The second-order valence-electron chi connectivity index (χ2n) is 4.29. The van der Waals surface area contributed by atoms with Gasteiger partial charge in [0, 0.05) is 13.6 Å². The first-order valence-corrected chi connectivity index (χ1v) is 7.19. The summed E-state index contributed by atoms with van der Waals surface area (Å²) in [7, 11) is 1.67. The van der Waals surface area contributed by atoms with Gasteiger partial charge in [-0.3, -0.25) is 4.79 Å². The quantitative estimate of drug-likeness (QED) is 0.818. The summed E-state index contributed by atoms with van der Waals surface area (Å²) in [4.78, 5) is 14.2. The highest BCUT2D eigenvalue weighted by Gasteiger charge is 2.14. The van der Waals surface area contributed by atoms with Crippen LogP contribution in [0.4, 0.5) is 8.78 Å². The van der Waals surface area contributed by atoms with Crippen LogP contribution >= 0.6 is 22.9 Å². The van der Waals surface area contributed by atoms with Gasteiger partial charge in [0.05, 0.1) is 9.21 Å². The standard InChI is InChI=1S/C14H12ClF2NO2S/c1-18(13(19)11-6-7-12(15)21-11)8-9-2-4-10(5-3-9)20-14(16)17/h2-7,14H,8H2,1H3. The van der Waals surface area contributed by atoms with Gasteiger partial charge in [-0.05, 0) is 29.8 Å². The van der Waals surface area contributed by atoms with Crippen LogP contribution in [0, 0.1) is 0 Å². The van der Waals surface area contributed by atoms with E-state index in [0.717, 1.165) is 5.56 Å². The fraction of sp³-hybridized carbons (Fsp3) is 0.214. The van der Waals surface area contributed by atoms with Crippen LogP contribution in [0.15, 0.2) is 36.4 Å². The van der Waals surface area contributed by atoms with Crippen LogP contribution in [-0.4, -0.2) is 24.5 Å². The molecule has 1 heterocycles. The average molecular weight is 332 g/mol. The van der Waals surface area contributed by atoms with Crippen LogP contribution in [0.2, 0.25) is 4.34 Å². The first-order valence-electron chi connectivity index (χ1n) is 6.00. The Kier molecular flexibility index (Phi) is 5.14. The fourth-order valence-electron chi connectivity index (χ4n) is 1.74. The van der Waals surface area contributed by atoms with Gasteiger partial charge in [-0.25, -0.2) is 0 Å². The smallest absolute Gasteiger partial charge is 0.387 e. The van der Waals surface area contributed by atoms with E-state index in [9.17, 15) is 13.6 Å². The lowest BCUT2D eigenvalue weighted by Gasteiger charge is -2.16. The molecule has 0 spiro atoms. The van der Waals surface area contributed by atoms with E-state index in [1.165, 1.54) is 28.4 Å². The number of thiophene rings is 1. The highest BCUT2D eigenvalue weighted by atomic mass is 35.5. The largest absolute Gasteiger partial charge is 0.435 e. The van der Waals surface area contributed by atoms with Crippen LogP contribution in [0.3, 0.4) is 0 Å². The summed E-state index contributed by atoms with van der Waals surface area (Å²) in [6.07, 6.45) is 0. The Balaban J connectivity index is 1.99. The number of amides is 1. The lowest BCUT2D eigenvalue weighted by Crippen LogP contribution is -2.25. The van der Waals surface area contributed by atoms with Crippen LogP contribution in [0.5, 0.6) is 5.75 Å². The van der Waals surface area contributed by atoms with Crippen LogP contribution < -0.4 is 4.74 Å². The predicted octanol–water partition coefficient (Wildman–Crippen LogP) is 4.28.